The molecule has 0 atom stereocenters. The minimum Gasteiger partial charge on any atom is -0.465 e. The molecule has 0 aliphatic carbocycles. The first-order valence-electron chi connectivity index (χ1n) is 9.06. The number of esters is 1. The summed E-state index contributed by atoms with van der Waals surface area (Å²) in [5, 5.41) is 0. The summed E-state index contributed by atoms with van der Waals surface area (Å²) in [6.07, 6.45) is 0.767. The van der Waals surface area contributed by atoms with E-state index in [0.29, 0.717) is 32.5 Å². The third-order valence-corrected chi connectivity index (χ3v) is 5.63. The minimum absolute atomic E-state index is 0.199. The van der Waals surface area contributed by atoms with Crippen molar-refractivity contribution in [2.24, 2.45) is 0 Å². The van der Waals surface area contributed by atoms with E-state index < -0.39 is 10.3 Å². The highest BCUT2D eigenvalue weighted by Crippen LogP contribution is 2.42. The van der Waals surface area contributed by atoms with Gasteiger partial charge in [0.2, 0.25) is 0 Å². The maximum Gasteiger partial charge on any atom is 0.410 e. The van der Waals surface area contributed by atoms with Gasteiger partial charge in [-0.25, -0.2) is 4.79 Å². The second-order valence-electron chi connectivity index (χ2n) is 7.60. The van der Waals surface area contributed by atoms with Gasteiger partial charge in [-0.15, -0.1) is 11.8 Å². The van der Waals surface area contributed by atoms with E-state index in [-0.39, 0.29) is 12.1 Å². The van der Waals surface area contributed by atoms with Gasteiger partial charge in [0.05, 0.1) is 6.61 Å². The van der Waals surface area contributed by atoms with Crippen molar-refractivity contribution >= 4 is 23.8 Å². The molecule has 6 heteroatoms. The van der Waals surface area contributed by atoms with Gasteiger partial charge in [-0.1, -0.05) is 17.7 Å². The summed E-state index contributed by atoms with van der Waals surface area (Å²) < 4.78 is 10.2. The predicted molar refractivity (Wildman–Crippen MR) is 103 cm³/mol. The minimum atomic E-state index is -0.664. The largest absolute Gasteiger partial charge is 0.465 e. The number of nitrogens with zero attached hydrogens (tertiary/aromatic N) is 1. The summed E-state index contributed by atoms with van der Waals surface area (Å²) >= 11 is 1.55. The maximum absolute atomic E-state index is 12.7. The maximum atomic E-state index is 12.7. The normalized spacial score (nSPS) is 16.9. The molecule has 0 radical (unpaired) electrons. The van der Waals surface area contributed by atoms with E-state index in [2.05, 4.69) is 6.07 Å². The van der Waals surface area contributed by atoms with Crippen molar-refractivity contribution < 1.29 is 19.1 Å². The van der Waals surface area contributed by atoms with Crippen LogP contribution in [0, 0.1) is 6.92 Å². The fraction of sp³-hybridized carbons (Fsp3) is 0.600. The van der Waals surface area contributed by atoms with Gasteiger partial charge in [0, 0.05) is 18.0 Å². The summed E-state index contributed by atoms with van der Waals surface area (Å²) in [5.74, 6) is -0.199. The molecular weight excluding hydrogens is 350 g/mol. The van der Waals surface area contributed by atoms with Crippen LogP contribution in [0.15, 0.2) is 29.2 Å². The molecule has 1 aliphatic rings. The van der Waals surface area contributed by atoms with E-state index in [1.807, 2.05) is 52.8 Å². The summed E-state index contributed by atoms with van der Waals surface area (Å²) in [6.45, 7) is 10.7. The Labute approximate surface area is 160 Å². The lowest BCUT2D eigenvalue weighted by molar-refractivity contribution is -0.147. The van der Waals surface area contributed by atoms with Crippen LogP contribution in [0.3, 0.4) is 0 Å². The third kappa shape index (κ3) is 5.40. The van der Waals surface area contributed by atoms with Gasteiger partial charge in [-0.3, -0.25) is 4.79 Å². The fourth-order valence-corrected chi connectivity index (χ4v) is 4.26. The van der Waals surface area contributed by atoms with Crippen LogP contribution in [0.4, 0.5) is 4.79 Å². The zero-order valence-electron chi connectivity index (χ0n) is 16.3. The highest BCUT2D eigenvalue weighted by molar-refractivity contribution is 8.01. The second-order valence-corrected chi connectivity index (χ2v) is 9.06. The molecule has 1 fully saturated rings. The average molecular weight is 380 g/mol. The number of aryl methyl sites for hydroxylation is 1. The van der Waals surface area contributed by atoms with Crippen molar-refractivity contribution in [3.05, 3.63) is 29.8 Å². The lowest BCUT2D eigenvalue weighted by atomic mass is 9.96. The van der Waals surface area contributed by atoms with Crippen LogP contribution in [0.2, 0.25) is 0 Å². The SMILES string of the molecule is CCOC(=O)C1(Sc2cccc(C)c2)CCN(C(=O)OC(C)(C)C)CC1. The Kier molecular flexibility index (Phi) is 6.61. The van der Waals surface area contributed by atoms with Crippen LogP contribution >= 0.6 is 11.8 Å². The lowest BCUT2D eigenvalue weighted by Gasteiger charge is -2.39. The Hall–Kier alpha value is -1.69. The van der Waals surface area contributed by atoms with Gasteiger partial charge < -0.3 is 14.4 Å². The Morgan fingerprint density at radius 3 is 2.42 bits per heavy atom. The van der Waals surface area contributed by atoms with Crippen molar-refractivity contribution in [1.29, 1.82) is 0 Å². The molecule has 5 nitrogen and oxygen atoms in total. The van der Waals surface area contributed by atoms with Crippen molar-refractivity contribution in [3.63, 3.8) is 0 Å². The quantitative estimate of drug-likeness (QED) is 0.725. The Morgan fingerprint density at radius 1 is 1.23 bits per heavy atom. The van der Waals surface area contributed by atoms with Gasteiger partial charge in [0.15, 0.2) is 0 Å². The zero-order valence-corrected chi connectivity index (χ0v) is 17.1. The summed E-state index contributed by atoms with van der Waals surface area (Å²) in [7, 11) is 0. The van der Waals surface area contributed by atoms with E-state index in [1.165, 1.54) is 0 Å². The number of ether oxygens (including phenoxy) is 2. The standard InChI is InChI=1S/C20H29NO4S/c1-6-24-17(22)20(26-16-9-7-8-15(2)14-16)10-12-21(13-11-20)18(23)25-19(3,4)5/h7-9,14H,6,10-13H2,1-5H3. The van der Waals surface area contributed by atoms with Crippen molar-refractivity contribution in [2.45, 2.75) is 62.7 Å². The molecule has 0 N–H and O–H groups in total. The predicted octanol–water partition coefficient (Wildman–Crippen LogP) is 4.42. The summed E-state index contributed by atoms with van der Waals surface area (Å²) in [6, 6.07) is 8.11. The first-order chi connectivity index (χ1) is 12.1. The Balaban J connectivity index is 2.13. The van der Waals surface area contributed by atoms with E-state index in [4.69, 9.17) is 9.47 Å². The fourth-order valence-electron chi connectivity index (χ4n) is 2.89. The zero-order chi connectivity index (χ0) is 19.4. The number of carbonyl (C=O) groups is 2. The molecule has 1 saturated heterocycles. The molecule has 0 unspecified atom stereocenters. The van der Waals surface area contributed by atoms with Gasteiger partial charge >= 0.3 is 12.1 Å². The van der Waals surface area contributed by atoms with Gasteiger partial charge in [0.1, 0.15) is 10.3 Å². The van der Waals surface area contributed by atoms with Gasteiger partial charge in [-0.05, 0) is 59.6 Å². The molecule has 1 amide bonds. The van der Waals surface area contributed by atoms with Crippen LogP contribution in [0.1, 0.15) is 46.1 Å². The summed E-state index contributed by atoms with van der Waals surface area (Å²) in [4.78, 5) is 27.8. The lowest BCUT2D eigenvalue weighted by Crippen LogP contribution is -2.50. The molecule has 1 aromatic rings. The number of benzene rings is 1. The number of hydrogen-bond acceptors (Lipinski definition) is 5. The van der Waals surface area contributed by atoms with Crippen LogP contribution < -0.4 is 0 Å². The van der Waals surface area contributed by atoms with Crippen molar-refractivity contribution in [2.75, 3.05) is 19.7 Å². The molecule has 1 heterocycles. The first kappa shape index (κ1) is 20.6. The molecular formula is C20H29NO4S. The third-order valence-electron chi connectivity index (χ3n) is 4.17. The molecule has 0 bridgehead atoms. The number of carbonyl (C=O) groups excluding carboxylic acids is 2. The molecule has 0 saturated carbocycles. The monoisotopic (exact) mass is 379 g/mol. The number of likely N-dealkylation sites (tertiary alicyclic amines) is 1. The van der Waals surface area contributed by atoms with Gasteiger partial charge in [-0.2, -0.15) is 0 Å². The van der Waals surface area contributed by atoms with E-state index in [0.717, 1.165) is 10.5 Å². The van der Waals surface area contributed by atoms with E-state index in [9.17, 15) is 9.59 Å². The number of rotatable bonds is 4. The molecule has 26 heavy (non-hydrogen) atoms. The average Bonchev–Trinajstić information content (AvgIpc) is 2.54. The Morgan fingerprint density at radius 2 is 1.88 bits per heavy atom. The van der Waals surface area contributed by atoms with Crippen LogP contribution in [-0.4, -0.2) is 47.0 Å². The highest BCUT2D eigenvalue weighted by Gasteiger charge is 2.45. The number of piperidine rings is 1. The second kappa shape index (κ2) is 8.33. The topological polar surface area (TPSA) is 55.8 Å². The van der Waals surface area contributed by atoms with E-state index >= 15 is 0 Å². The smallest absolute Gasteiger partial charge is 0.410 e. The van der Waals surface area contributed by atoms with Gasteiger partial charge in [0.25, 0.3) is 0 Å². The van der Waals surface area contributed by atoms with E-state index in [1.54, 1.807) is 16.7 Å². The van der Waals surface area contributed by atoms with Crippen molar-refractivity contribution in [1.82, 2.24) is 4.90 Å². The van der Waals surface area contributed by atoms with Crippen molar-refractivity contribution in [3.8, 4) is 0 Å². The highest BCUT2D eigenvalue weighted by atomic mass is 32.2. The first-order valence-corrected chi connectivity index (χ1v) is 9.88. The van der Waals surface area contributed by atoms with Crippen LogP contribution in [-0.2, 0) is 14.3 Å². The molecule has 0 aromatic heterocycles. The number of amides is 1. The molecule has 0 spiro atoms. The number of thioether (sulfide) groups is 1. The summed E-state index contributed by atoms with van der Waals surface area (Å²) in [5.41, 5.74) is 0.628. The molecule has 144 valence electrons. The Bertz CT molecular complexity index is 645. The molecule has 2 rings (SSSR count). The molecule has 1 aromatic carbocycles. The van der Waals surface area contributed by atoms with Crippen LogP contribution in [0.5, 0.6) is 0 Å². The van der Waals surface area contributed by atoms with Crippen LogP contribution in [0.25, 0.3) is 0 Å². The number of hydrogen-bond donors (Lipinski definition) is 0. The molecule has 1 aliphatic heterocycles.